The third-order valence-corrected chi connectivity index (χ3v) is 2.89. The summed E-state index contributed by atoms with van der Waals surface area (Å²) in [7, 11) is 0. The number of fused-ring (bicyclic) bond motifs is 2. The summed E-state index contributed by atoms with van der Waals surface area (Å²) in [5, 5.41) is 13.8. The summed E-state index contributed by atoms with van der Waals surface area (Å²) in [4.78, 5) is 10.3. The van der Waals surface area contributed by atoms with Gasteiger partial charge in [0.2, 0.25) is 0 Å². The summed E-state index contributed by atoms with van der Waals surface area (Å²) in [5.74, 6) is 0. The second-order valence-corrected chi connectivity index (χ2v) is 3.78. The average molecular weight is 225 g/mol. The Morgan fingerprint density at radius 3 is 2.86 bits per heavy atom. The Balaban J connectivity index is 0.000000980. The number of hydrogen-bond donors (Lipinski definition) is 3. The second-order valence-electron chi connectivity index (χ2n) is 3.78. The first kappa shape index (κ1) is 11.5. The molecule has 0 unspecified atom stereocenters. The molecule has 2 rings (SSSR count). The van der Waals surface area contributed by atoms with Crippen LogP contribution < -0.4 is 10.6 Å². The molecule has 2 aliphatic rings. The summed E-state index contributed by atoms with van der Waals surface area (Å²) >= 11 is 0. The molecule has 0 radical (unpaired) electrons. The summed E-state index contributed by atoms with van der Waals surface area (Å²) in [6.07, 6.45) is 0.153. The smallest absolute Gasteiger partial charge is 0.404 e. The highest BCUT2D eigenvalue weighted by Gasteiger charge is 2.42. The van der Waals surface area contributed by atoms with Gasteiger partial charge in [-0.2, -0.15) is 0 Å². The fraction of sp³-hybridized carbons (Fsp3) is 0.875. The zero-order valence-electron chi connectivity index (χ0n) is 7.57. The maximum absolute atomic E-state index is 13.5. The van der Waals surface area contributed by atoms with Gasteiger partial charge in [0, 0.05) is 12.1 Å². The van der Waals surface area contributed by atoms with Crippen molar-refractivity contribution in [3.8, 4) is 0 Å². The van der Waals surface area contributed by atoms with Crippen LogP contribution in [-0.2, 0) is 0 Å². The second kappa shape index (κ2) is 4.31. The molecule has 4 nitrogen and oxygen atoms in total. The minimum atomic E-state index is -1.13. The van der Waals surface area contributed by atoms with Gasteiger partial charge in [-0.25, -0.2) is 9.18 Å². The Morgan fingerprint density at radius 1 is 1.50 bits per heavy atom. The van der Waals surface area contributed by atoms with Gasteiger partial charge in [-0.05, 0) is 19.3 Å². The largest absolute Gasteiger partial charge is 0.465 e. The molecule has 0 aliphatic carbocycles. The highest BCUT2D eigenvalue weighted by atomic mass is 35.5. The van der Waals surface area contributed by atoms with Crippen LogP contribution in [0.15, 0.2) is 0 Å². The third kappa shape index (κ3) is 2.09. The molecule has 1 amide bonds. The normalized spacial score (nSPS) is 40.1. The van der Waals surface area contributed by atoms with E-state index in [0.717, 1.165) is 12.8 Å². The number of alkyl halides is 1. The van der Waals surface area contributed by atoms with Crippen LogP contribution in [0, 0.1) is 0 Å². The summed E-state index contributed by atoms with van der Waals surface area (Å²) < 4.78 is 13.5. The molecule has 2 aliphatic heterocycles. The average Bonchev–Trinajstić information content (AvgIpc) is 2.44. The Kier molecular flexibility index (Phi) is 3.55. The van der Waals surface area contributed by atoms with Crippen LogP contribution in [0.5, 0.6) is 0 Å². The van der Waals surface area contributed by atoms with Gasteiger partial charge >= 0.3 is 6.09 Å². The molecular formula is C8H14ClFN2O2. The number of carboxylic acid groups (broad SMARTS) is 1. The van der Waals surface area contributed by atoms with Crippen LogP contribution in [0.2, 0.25) is 0 Å². The molecule has 0 aromatic rings. The van der Waals surface area contributed by atoms with Crippen molar-refractivity contribution in [2.75, 3.05) is 0 Å². The van der Waals surface area contributed by atoms with E-state index in [1.165, 1.54) is 0 Å². The highest BCUT2D eigenvalue weighted by molar-refractivity contribution is 5.85. The lowest BCUT2D eigenvalue weighted by atomic mass is 9.98. The lowest BCUT2D eigenvalue weighted by Gasteiger charge is -2.32. The van der Waals surface area contributed by atoms with Gasteiger partial charge in [0.15, 0.2) is 0 Å². The number of nitrogens with one attached hydrogen (secondary N) is 2. The third-order valence-electron chi connectivity index (χ3n) is 2.89. The van der Waals surface area contributed by atoms with E-state index in [9.17, 15) is 9.18 Å². The topological polar surface area (TPSA) is 61.4 Å². The molecule has 2 bridgehead atoms. The maximum Gasteiger partial charge on any atom is 0.404 e. The lowest BCUT2D eigenvalue weighted by Crippen LogP contribution is -2.55. The minimum absolute atomic E-state index is 0. The molecule has 82 valence electrons. The zero-order chi connectivity index (χ0) is 9.42. The predicted octanol–water partition coefficient (Wildman–Crippen LogP) is 0.907. The summed E-state index contributed by atoms with van der Waals surface area (Å²) in [5.41, 5.74) is 0. The first-order valence-corrected chi connectivity index (χ1v) is 4.56. The fourth-order valence-electron chi connectivity index (χ4n) is 2.30. The van der Waals surface area contributed by atoms with Gasteiger partial charge in [0.05, 0.1) is 6.04 Å². The Bertz CT molecular complexity index is 229. The van der Waals surface area contributed by atoms with Crippen LogP contribution in [0.3, 0.4) is 0 Å². The van der Waals surface area contributed by atoms with Crippen molar-refractivity contribution in [1.29, 1.82) is 0 Å². The van der Waals surface area contributed by atoms with E-state index in [2.05, 4.69) is 10.6 Å². The van der Waals surface area contributed by atoms with Gasteiger partial charge in [0.1, 0.15) is 6.17 Å². The molecule has 0 spiro atoms. The van der Waals surface area contributed by atoms with E-state index in [4.69, 9.17) is 5.11 Å². The molecule has 3 N–H and O–H groups in total. The van der Waals surface area contributed by atoms with Gasteiger partial charge in [-0.3, -0.25) is 0 Å². The summed E-state index contributed by atoms with van der Waals surface area (Å²) in [6.45, 7) is 0. The van der Waals surface area contributed by atoms with E-state index in [1.54, 1.807) is 0 Å². The van der Waals surface area contributed by atoms with Crippen molar-refractivity contribution in [2.45, 2.75) is 43.6 Å². The molecule has 0 saturated carbocycles. The molecule has 0 aromatic heterocycles. The zero-order valence-corrected chi connectivity index (χ0v) is 8.39. The molecule has 4 atom stereocenters. The van der Waals surface area contributed by atoms with E-state index < -0.39 is 18.3 Å². The van der Waals surface area contributed by atoms with E-state index in [-0.39, 0.29) is 18.4 Å². The van der Waals surface area contributed by atoms with Gasteiger partial charge < -0.3 is 15.7 Å². The van der Waals surface area contributed by atoms with Crippen molar-refractivity contribution in [2.24, 2.45) is 0 Å². The quantitative estimate of drug-likeness (QED) is 0.621. The Morgan fingerprint density at radius 2 is 2.21 bits per heavy atom. The standard InChI is InChI=1S/C8H13FN2O2.ClH/c9-7-5-2-1-4(10-5)3-6(7)11-8(12)13;/h4-7,10-11H,1-3H2,(H,12,13);1H/t4-,5+,6+,7-;/m1./s1. The first-order valence-electron chi connectivity index (χ1n) is 4.56. The highest BCUT2D eigenvalue weighted by Crippen LogP contribution is 2.29. The Labute approximate surface area is 87.7 Å². The van der Waals surface area contributed by atoms with Crippen LogP contribution in [-0.4, -0.2) is 35.5 Å². The van der Waals surface area contributed by atoms with Crippen molar-refractivity contribution in [3.63, 3.8) is 0 Å². The molecule has 2 fully saturated rings. The number of hydrogen-bond acceptors (Lipinski definition) is 2. The SMILES string of the molecule is Cl.O=C(O)N[C@H]1C[C@H]2CC[C@H](N2)[C@H]1F. The number of amides is 1. The molecule has 0 aromatic carbocycles. The van der Waals surface area contributed by atoms with Crippen LogP contribution >= 0.6 is 12.4 Å². The minimum Gasteiger partial charge on any atom is -0.465 e. The lowest BCUT2D eigenvalue weighted by molar-refractivity contribution is 0.140. The molecular weight excluding hydrogens is 211 g/mol. The fourth-order valence-corrected chi connectivity index (χ4v) is 2.30. The van der Waals surface area contributed by atoms with Gasteiger partial charge in [-0.1, -0.05) is 0 Å². The van der Waals surface area contributed by atoms with Crippen LogP contribution in [0.1, 0.15) is 19.3 Å². The Hall–Kier alpha value is -0.550. The molecule has 6 heteroatoms. The first-order chi connectivity index (χ1) is 6.16. The van der Waals surface area contributed by atoms with Crippen molar-refractivity contribution in [3.05, 3.63) is 0 Å². The van der Waals surface area contributed by atoms with E-state index in [0.29, 0.717) is 12.5 Å². The van der Waals surface area contributed by atoms with Gasteiger partial charge in [0.25, 0.3) is 0 Å². The van der Waals surface area contributed by atoms with Crippen LogP contribution in [0.25, 0.3) is 0 Å². The maximum atomic E-state index is 13.5. The van der Waals surface area contributed by atoms with E-state index >= 15 is 0 Å². The molecule has 2 saturated heterocycles. The number of rotatable bonds is 1. The van der Waals surface area contributed by atoms with Crippen molar-refractivity contribution in [1.82, 2.24) is 10.6 Å². The molecule has 14 heavy (non-hydrogen) atoms. The number of halogens is 2. The molecule has 2 heterocycles. The predicted molar refractivity (Wildman–Crippen MR) is 51.7 cm³/mol. The monoisotopic (exact) mass is 224 g/mol. The number of carbonyl (C=O) groups is 1. The van der Waals surface area contributed by atoms with Crippen molar-refractivity contribution < 1.29 is 14.3 Å². The van der Waals surface area contributed by atoms with Gasteiger partial charge in [-0.15, -0.1) is 12.4 Å². The number of piperidine rings is 1. The summed E-state index contributed by atoms with van der Waals surface area (Å²) in [6, 6.07) is -0.360. The van der Waals surface area contributed by atoms with Crippen LogP contribution in [0.4, 0.5) is 9.18 Å². The van der Waals surface area contributed by atoms with Crippen molar-refractivity contribution >= 4 is 18.5 Å². The van der Waals surface area contributed by atoms with E-state index in [1.807, 2.05) is 0 Å².